The summed E-state index contributed by atoms with van der Waals surface area (Å²) in [6.45, 7) is 7.85. The highest BCUT2D eigenvalue weighted by molar-refractivity contribution is 5.73. The largest absolute Gasteiger partial charge is 0.363 e. The van der Waals surface area contributed by atoms with Gasteiger partial charge < -0.3 is 10.2 Å². The van der Waals surface area contributed by atoms with E-state index in [4.69, 9.17) is 4.98 Å². The molecular formula is C25H27N7. The molecule has 5 rings (SSSR count). The SMILES string of the molecule is Cc1cn(C)nc1-c1ccc(CN2CNc3cnc(-c4cccnc4C(C)C)nc32)cc1. The van der Waals surface area contributed by atoms with E-state index in [0.717, 1.165) is 46.4 Å². The third-order valence-corrected chi connectivity index (χ3v) is 5.77. The fourth-order valence-electron chi connectivity index (χ4n) is 4.20. The Morgan fingerprint density at radius 3 is 2.62 bits per heavy atom. The summed E-state index contributed by atoms with van der Waals surface area (Å²) in [4.78, 5) is 16.3. The van der Waals surface area contributed by atoms with Gasteiger partial charge in [-0.2, -0.15) is 5.10 Å². The van der Waals surface area contributed by atoms with Crippen LogP contribution in [-0.4, -0.2) is 31.4 Å². The number of aromatic nitrogens is 5. The minimum absolute atomic E-state index is 0.304. The van der Waals surface area contributed by atoms with Gasteiger partial charge in [0.05, 0.1) is 29.9 Å². The number of anilines is 2. The molecule has 162 valence electrons. The molecule has 0 saturated heterocycles. The summed E-state index contributed by atoms with van der Waals surface area (Å²) in [5.74, 6) is 1.95. The zero-order chi connectivity index (χ0) is 22.2. The van der Waals surface area contributed by atoms with Crippen molar-refractivity contribution < 1.29 is 0 Å². The first kappa shape index (κ1) is 20.2. The zero-order valence-electron chi connectivity index (χ0n) is 18.9. The van der Waals surface area contributed by atoms with Gasteiger partial charge in [-0.15, -0.1) is 0 Å². The van der Waals surface area contributed by atoms with Crippen molar-refractivity contribution in [3.05, 3.63) is 71.8 Å². The Bertz CT molecular complexity index is 1260. The van der Waals surface area contributed by atoms with Crippen LogP contribution in [0.4, 0.5) is 11.5 Å². The van der Waals surface area contributed by atoms with Crippen LogP contribution in [0.25, 0.3) is 22.6 Å². The van der Waals surface area contributed by atoms with Crippen LogP contribution in [0.2, 0.25) is 0 Å². The molecule has 0 radical (unpaired) electrons. The summed E-state index contributed by atoms with van der Waals surface area (Å²) >= 11 is 0. The normalized spacial score (nSPS) is 12.8. The molecule has 0 unspecified atom stereocenters. The average molecular weight is 426 g/mol. The molecule has 0 atom stereocenters. The van der Waals surface area contributed by atoms with Crippen molar-refractivity contribution in [2.45, 2.75) is 33.2 Å². The Labute approximate surface area is 188 Å². The highest BCUT2D eigenvalue weighted by atomic mass is 15.3. The molecule has 0 bridgehead atoms. The molecule has 0 fully saturated rings. The second-order valence-corrected chi connectivity index (χ2v) is 8.59. The second kappa shape index (κ2) is 8.07. The van der Waals surface area contributed by atoms with Crippen molar-refractivity contribution in [1.29, 1.82) is 0 Å². The van der Waals surface area contributed by atoms with Crippen LogP contribution in [0.1, 0.15) is 36.6 Å². The molecule has 4 heterocycles. The number of nitrogens with zero attached hydrogens (tertiary/aromatic N) is 6. The van der Waals surface area contributed by atoms with Crippen LogP contribution < -0.4 is 10.2 Å². The summed E-state index contributed by atoms with van der Waals surface area (Å²) in [7, 11) is 1.95. The summed E-state index contributed by atoms with van der Waals surface area (Å²) in [6, 6.07) is 12.6. The topological polar surface area (TPSA) is 71.8 Å². The maximum absolute atomic E-state index is 4.92. The summed E-state index contributed by atoms with van der Waals surface area (Å²) in [5, 5.41) is 7.98. The maximum atomic E-state index is 4.92. The van der Waals surface area contributed by atoms with E-state index < -0.39 is 0 Å². The monoisotopic (exact) mass is 425 g/mol. The molecule has 1 aliphatic heterocycles. The van der Waals surface area contributed by atoms with Gasteiger partial charge in [0.1, 0.15) is 0 Å². The van der Waals surface area contributed by atoms with Gasteiger partial charge in [-0.1, -0.05) is 38.1 Å². The number of nitrogens with one attached hydrogen (secondary N) is 1. The maximum Gasteiger partial charge on any atom is 0.163 e. The van der Waals surface area contributed by atoms with E-state index in [9.17, 15) is 0 Å². The number of aryl methyl sites for hydroxylation is 2. The van der Waals surface area contributed by atoms with Gasteiger partial charge in [0.25, 0.3) is 0 Å². The minimum Gasteiger partial charge on any atom is -0.363 e. The lowest BCUT2D eigenvalue weighted by atomic mass is 10.0. The first-order valence-electron chi connectivity index (χ1n) is 10.9. The number of hydrogen-bond donors (Lipinski definition) is 1. The van der Waals surface area contributed by atoms with Crippen LogP contribution in [-0.2, 0) is 13.6 Å². The first-order chi connectivity index (χ1) is 15.5. The van der Waals surface area contributed by atoms with Crippen molar-refractivity contribution in [1.82, 2.24) is 24.7 Å². The molecule has 4 aromatic rings. The Balaban J connectivity index is 1.40. The predicted octanol–water partition coefficient (Wildman–Crippen LogP) is 4.76. The van der Waals surface area contributed by atoms with Gasteiger partial charge in [-0.05, 0) is 36.1 Å². The Morgan fingerprint density at radius 2 is 1.91 bits per heavy atom. The van der Waals surface area contributed by atoms with Crippen molar-refractivity contribution in [2.24, 2.45) is 7.05 Å². The van der Waals surface area contributed by atoms with E-state index in [1.165, 1.54) is 11.1 Å². The molecule has 7 heteroatoms. The lowest BCUT2D eigenvalue weighted by Gasteiger charge is -2.18. The predicted molar refractivity (Wildman–Crippen MR) is 127 cm³/mol. The standard InChI is InChI=1S/C25H27N7/c1-16(2)22-20(6-5-11-26-22)24-27-12-21-25(29-24)32(15-28-21)14-18-7-9-19(10-8-18)23-17(3)13-31(4)30-23/h5-13,16,28H,14-15H2,1-4H3. The number of benzene rings is 1. The van der Waals surface area contributed by atoms with Gasteiger partial charge in [-0.25, -0.2) is 9.97 Å². The second-order valence-electron chi connectivity index (χ2n) is 8.59. The molecule has 32 heavy (non-hydrogen) atoms. The highest BCUT2D eigenvalue weighted by Crippen LogP contribution is 2.33. The number of hydrogen-bond acceptors (Lipinski definition) is 6. The number of fused-ring (bicyclic) bond motifs is 1. The Kier molecular flexibility index (Phi) is 5.09. The Morgan fingerprint density at radius 1 is 1.09 bits per heavy atom. The van der Waals surface area contributed by atoms with Gasteiger partial charge in [0, 0.05) is 37.1 Å². The van der Waals surface area contributed by atoms with E-state index in [1.807, 2.05) is 36.4 Å². The van der Waals surface area contributed by atoms with E-state index in [-0.39, 0.29) is 0 Å². The lowest BCUT2D eigenvalue weighted by molar-refractivity contribution is 0.770. The minimum atomic E-state index is 0.304. The van der Waals surface area contributed by atoms with Crippen molar-refractivity contribution in [3.63, 3.8) is 0 Å². The molecule has 3 aromatic heterocycles. The van der Waals surface area contributed by atoms with Crippen molar-refractivity contribution in [2.75, 3.05) is 16.9 Å². The average Bonchev–Trinajstić information content (AvgIpc) is 3.36. The summed E-state index contributed by atoms with van der Waals surface area (Å²) in [5.41, 5.74) is 7.54. The fraction of sp³-hybridized carbons (Fsp3) is 0.280. The zero-order valence-corrected chi connectivity index (χ0v) is 18.9. The number of pyridine rings is 1. The lowest BCUT2D eigenvalue weighted by Crippen LogP contribution is -2.22. The Hall–Kier alpha value is -3.74. The molecule has 1 N–H and O–H groups in total. The van der Waals surface area contributed by atoms with Crippen LogP contribution >= 0.6 is 0 Å². The summed E-state index contributed by atoms with van der Waals surface area (Å²) < 4.78 is 1.86. The molecule has 1 aliphatic rings. The third-order valence-electron chi connectivity index (χ3n) is 5.77. The molecule has 0 saturated carbocycles. The quantitative estimate of drug-likeness (QED) is 0.497. The third kappa shape index (κ3) is 3.70. The van der Waals surface area contributed by atoms with Crippen LogP contribution in [0, 0.1) is 6.92 Å². The highest BCUT2D eigenvalue weighted by Gasteiger charge is 2.23. The van der Waals surface area contributed by atoms with Crippen LogP contribution in [0.15, 0.2) is 55.0 Å². The van der Waals surface area contributed by atoms with E-state index in [2.05, 4.69) is 76.4 Å². The van der Waals surface area contributed by atoms with E-state index in [0.29, 0.717) is 12.6 Å². The number of rotatable bonds is 5. The molecule has 1 aromatic carbocycles. The molecule has 0 amide bonds. The summed E-state index contributed by atoms with van der Waals surface area (Å²) in [6.07, 6.45) is 5.75. The molecular weight excluding hydrogens is 398 g/mol. The van der Waals surface area contributed by atoms with E-state index in [1.54, 1.807) is 0 Å². The smallest absolute Gasteiger partial charge is 0.163 e. The van der Waals surface area contributed by atoms with Crippen molar-refractivity contribution in [3.8, 4) is 22.6 Å². The van der Waals surface area contributed by atoms with Crippen LogP contribution in [0.5, 0.6) is 0 Å². The molecule has 0 spiro atoms. The van der Waals surface area contributed by atoms with E-state index >= 15 is 0 Å². The van der Waals surface area contributed by atoms with Gasteiger partial charge >= 0.3 is 0 Å². The van der Waals surface area contributed by atoms with Gasteiger partial charge in [-0.3, -0.25) is 9.67 Å². The fourth-order valence-corrected chi connectivity index (χ4v) is 4.20. The van der Waals surface area contributed by atoms with Crippen molar-refractivity contribution >= 4 is 11.5 Å². The van der Waals surface area contributed by atoms with Crippen LogP contribution in [0.3, 0.4) is 0 Å². The van der Waals surface area contributed by atoms with Gasteiger partial charge in [0.15, 0.2) is 11.6 Å². The van der Waals surface area contributed by atoms with Gasteiger partial charge in [0.2, 0.25) is 0 Å². The first-order valence-corrected chi connectivity index (χ1v) is 10.9. The molecule has 7 nitrogen and oxygen atoms in total. The molecule has 0 aliphatic carbocycles.